The summed E-state index contributed by atoms with van der Waals surface area (Å²) in [5.41, 5.74) is 14.6. The molecule has 0 radical (unpaired) electrons. The number of likely N-dealkylation sites (N-methyl/N-ethyl adjacent to an activating group) is 1. The fraction of sp³-hybridized carbons (Fsp3) is 0.964. The zero-order valence-corrected chi connectivity index (χ0v) is 26.3. The van der Waals surface area contributed by atoms with Gasteiger partial charge in [0, 0.05) is 43.9 Å². The minimum Gasteiger partial charge on any atom is -0.392 e. The Bertz CT molecular complexity index is 1010. The molecule has 15 unspecified atom stereocenters. The molecule has 18 nitrogen and oxygen atoms in total. The van der Waals surface area contributed by atoms with Gasteiger partial charge >= 0.3 is 0 Å². The van der Waals surface area contributed by atoms with Gasteiger partial charge in [0.15, 0.2) is 6.29 Å². The molecule has 0 bridgehead atoms. The average molecular weight is 667 g/mol. The van der Waals surface area contributed by atoms with Crippen LogP contribution in [0.15, 0.2) is 0 Å². The van der Waals surface area contributed by atoms with E-state index < -0.39 is 102 Å². The Kier molecular flexibility index (Phi) is 12.4. The van der Waals surface area contributed by atoms with Gasteiger partial charge in [0.05, 0.1) is 43.1 Å². The van der Waals surface area contributed by atoms with Crippen molar-refractivity contribution in [3.05, 3.63) is 0 Å². The van der Waals surface area contributed by atoms with Gasteiger partial charge in [-0.3, -0.25) is 4.79 Å². The molecule has 18 heteroatoms. The van der Waals surface area contributed by atoms with Crippen LogP contribution in [0, 0.1) is 5.92 Å². The number of nitrogens with two attached hydrogens (primary N) is 3. The van der Waals surface area contributed by atoms with E-state index in [-0.39, 0.29) is 51.5 Å². The zero-order chi connectivity index (χ0) is 34.1. The number of hydrogen-bond donors (Lipinski definition) is 14. The maximum absolute atomic E-state index is 13.1. The molecule has 2 aliphatic carbocycles. The Balaban J connectivity index is 1.56. The molecule has 0 aromatic heterocycles. The quantitative estimate of drug-likeness (QED) is 0.0919. The van der Waals surface area contributed by atoms with E-state index in [1.807, 2.05) is 0 Å². The van der Waals surface area contributed by atoms with Crippen molar-refractivity contribution >= 4 is 5.91 Å². The normalized spacial score (nSPS) is 48.8. The molecular weight excluding hydrogens is 612 g/mol. The van der Waals surface area contributed by atoms with Gasteiger partial charge in [-0.15, -0.1) is 0 Å². The second kappa shape index (κ2) is 15.2. The predicted octanol–water partition coefficient (Wildman–Crippen LogP) is -7.38. The van der Waals surface area contributed by atoms with E-state index >= 15 is 0 Å². The Hall–Kier alpha value is -1.17. The Labute approximate surface area is 267 Å². The van der Waals surface area contributed by atoms with Crippen LogP contribution >= 0.6 is 0 Å². The predicted molar refractivity (Wildman–Crippen MR) is 159 cm³/mol. The van der Waals surface area contributed by atoms with Crippen LogP contribution < -0.4 is 33.2 Å². The van der Waals surface area contributed by atoms with Crippen molar-refractivity contribution in [2.45, 2.75) is 129 Å². The van der Waals surface area contributed by atoms with Crippen LogP contribution in [0.4, 0.5) is 0 Å². The van der Waals surface area contributed by atoms with Crippen LogP contribution in [-0.2, 0) is 19.0 Å². The lowest BCUT2D eigenvalue weighted by Crippen LogP contribution is -2.72. The zero-order valence-electron chi connectivity index (χ0n) is 26.3. The third kappa shape index (κ3) is 7.83. The number of aliphatic hydroxyl groups excluding tert-OH is 6. The highest BCUT2D eigenvalue weighted by Gasteiger charge is 2.57. The monoisotopic (exact) mass is 666 g/mol. The van der Waals surface area contributed by atoms with E-state index in [0.717, 1.165) is 0 Å². The third-order valence-corrected chi connectivity index (χ3v) is 9.87. The molecule has 1 amide bonds. The first-order chi connectivity index (χ1) is 21.5. The summed E-state index contributed by atoms with van der Waals surface area (Å²) < 4.78 is 17.8. The van der Waals surface area contributed by atoms with E-state index in [2.05, 4.69) is 16.0 Å². The standard InChI is InChI=1S/C28H54N6O12/c1-27(42)10-44-25(21(40)24(27)32-2)46-22-14(34-26(41)28(43)6-11(30)7-28)5-13(31)16(18(22)37)23-20(39)19(38)17(36)15(45-23)9-33-8-12(35)3-4-29/h11-25,32-33,35-40,42-43H,3-10,29-31H2,1-2H3,(H,34,41). The van der Waals surface area contributed by atoms with Crippen LogP contribution in [0.1, 0.15) is 32.6 Å². The van der Waals surface area contributed by atoms with E-state index in [4.69, 9.17) is 31.4 Å². The number of amides is 1. The van der Waals surface area contributed by atoms with Gasteiger partial charge < -0.3 is 88.2 Å². The fourth-order valence-electron chi connectivity index (χ4n) is 7.22. The molecule has 46 heavy (non-hydrogen) atoms. The second-order valence-electron chi connectivity index (χ2n) is 13.6. The van der Waals surface area contributed by atoms with Crippen molar-refractivity contribution in [1.82, 2.24) is 16.0 Å². The topological polar surface area (TPSA) is 321 Å². The van der Waals surface area contributed by atoms with Gasteiger partial charge in [0.2, 0.25) is 0 Å². The first-order valence-electron chi connectivity index (χ1n) is 15.9. The molecule has 17 N–H and O–H groups in total. The summed E-state index contributed by atoms with van der Waals surface area (Å²) in [5.74, 6) is -1.88. The lowest BCUT2D eigenvalue weighted by molar-refractivity contribution is -0.303. The van der Waals surface area contributed by atoms with Gasteiger partial charge in [0.1, 0.15) is 41.7 Å². The maximum atomic E-state index is 13.1. The van der Waals surface area contributed by atoms with E-state index in [9.17, 15) is 45.6 Å². The van der Waals surface area contributed by atoms with Crippen molar-refractivity contribution in [3.63, 3.8) is 0 Å². The summed E-state index contributed by atoms with van der Waals surface area (Å²) in [6.45, 7) is 1.58. The van der Waals surface area contributed by atoms with Gasteiger partial charge in [-0.1, -0.05) is 0 Å². The third-order valence-electron chi connectivity index (χ3n) is 9.87. The summed E-state index contributed by atoms with van der Waals surface area (Å²) in [7, 11) is 1.54. The second-order valence-corrected chi connectivity index (χ2v) is 13.6. The van der Waals surface area contributed by atoms with Crippen molar-refractivity contribution in [2.24, 2.45) is 23.1 Å². The Morgan fingerprint density at radius 1 is 1.04 bits per heavy atom. The van der Waals surface area contributed by atoms with Crippen molar-refractivity contribution < 1.29 is 59.9 Å². The van der Waals surface area contributed by atoms with E-state index in [0.29, 0.717) is 6.42 Å². The number of aliphatic hydroxyl groups is 8. The van der Waals surface area contributed by atoms with Crippen LogP contribution in [0.25, 0.3) is 0 Å². The molecule has 2 heterocycles. The minimum absolute atomic E-state index is 0.0265. The molecular formula is C28H54N6O12. The highest BCUT2D eigenvalue weighted by atomic mass is 16.7. The lowest BCUT2D eigenvalue weighted by Gasteiger charge is -2.52. The molecule has 268 valence electrons. The smallest absolute Gasteiger partial charge is 0.252 e. The molecule has 2 saturated heterocycles. The number of carbonyl (C=O) groups excluding carboxylic acids is 1. The van der Waals surface area contributed by atoms with Crippen LogP contribution in [0.2, 0.25) is 0 Å². The molecule has 0 aromatic rings. The number of carbonyl (C=O) groups is 1. The van der Waals surface area contributed by atoms with Crippen molar-refractivity contribution in [2.75, 3.05) is 33.3 Å². The van der Waals surface area contributed by atoms with Crippen LogP contribution in [0.3, 0.4) is 0 Å². The highest BCUT2D eigenvalue weighted by molar-refractivity contribution is 5.86. The fourth-order valence-corrected chi connectivity index (χ4v) is 7.22. The largest absolute Gasteiger partial charge is 0.392 e. The van der Waals surface area contributed by atoms with Gasteiger partial charge in [-0.2, -0.15) is 0 Å². The molecule has 0 spiro atoms. The molecule has 15 atom stereocenters. The summed E-state index contributed by atoms with van der Waals surface area (Å²) in [4.78, 5) is 13.1. The van der Waals surface area contributed by atoms with E-state index in [1.54, 1.807) is 0 Å². The molecule has 0 aromatic carbocycles. The minimum atomic E-state index is -1.73. The molecule has 4 aliphatic rings. The molecule has 2 aliphatic heterocycles. The van der Waals surface area contributed by atoms with E-state index in [1.165, 1.54) is 14.0 Å². The Morgan fingerprint density at radius 3 is 2.33 bits per heavy atom. The first kappa shape index (κ1) is 37.6. The van der Waals surface area contributed by atoms with Crippen LogP contribution in [0.5, 0.6) is 0 Å². The van der Waals surface area contributed by atoms with Gasteiger partial charge in [-0.05, 0) is 33.4 Å². The summed E-state index contributed by atoms with van der Waals surface area (Å²) in [6.07, 6.45) is -13.5. The molecule has 4 fully saturated rings. The average Bonchev–Trinajstić information content (AvgIpc) is 2.96. The summed E-state index contributed by atoms with van der Waals surface area (Å²) in [5, 5.41) is 95.2. The van der Waals surface area contributed by atoms with Crippen molar-refractivity contribution in [1.29, 1.82) is 0 Å². The van der Waals surface area contributed by atoms with Gasteiger partial charge in [-0.25, -0.2) is 0 Å². The first-order valence-corrected chi connectivity index (χ1v) is 15.9. The highest BCUT2D eigenvalue weighted by Crippen LogP contribution is 2.38. The number of nitrogens with one attached hydrogen (secondary N) is 3. The Morgan fingerprint density at radius 2 is 1.72 bits per heavy atom. The van der Waals surface area contributed by atoms with Gasteiger partial charge in [0.25, 0.3) is 5.91 Å². The number of hydrogen-bond acceptors (Lipinski definition) is 17. The lowest BCUT2D eigenvalue weighted by atomic mass is 9.71. The summed E-state index contributed by atoms with van der Waals surface area (Å²) in [6, 6.07) is -3.25. The van der Waals surface area contributed by atoms with Crippen molar-refractivity contribution in [3.8, 4) is 0 Å². The summed E-state index contributed by atoms with van der Waals surface area (Å²) >= 11 is 0. The van der Waals surface area contributed by atoms with Crippen LogP contribution in [-0.4, -0.2) is 177 Å². The molecule has 4 rings (SSSR count). The number of rotatable bonds is 12. The SMILES string of the molecule is CNC1C(O)C(OC2C(NC(=O)C3(O)CC(N)C3)CC(N)C(C3OC(CNCC(O)CCN)C(O)C(O)C3O)C2O)OCC1(C)O. The molecule has 2 saturated carbocycles. The maximum Gasteiger partial charge on any atom is 0.252 e. The number of ether oxygens (including phenoxy) is 3.